The molecule has 0 radical (unpaired) electrons. The molecular weight excluding hydrogens is 461 g/mol. The number of halogens is 4. The van der Waals surface area contributed by atoms with Crippen LogP contribution in [0.4, 0.5) is 24.7 Å². The molecule has 2 heterocycles. The number of rotatable bonds is 3. The first kappa shape index (κ1) is 20.5. The van der Waals surface area contributed by atoms with Crippen LogP contribution in [-0.2, 0) is 0 Å². The summed E-state index contributed by atoms with van der Waals surface area (Å²) in [6.07, 6.45) is -4.72. The number of anilines is 2. The summed E-state index contributed by atoms with van der Waals surface area (Å²) < 4.78 is 43.0. The van der Waals surface area contributed by atoms with Crippen LogP contribution in [0.2, 0.25) is 0 Å². The topological polar surface area (TPSA) is 59.0 Å². The highest BCUT2D eigenvalue weighted by atomic mass is 79.9. The maximum Gasteiger partial charge on any atom is 0.410 e. The lowest BCUT2D eigenvalue weighted by molar-refractivity contribution is -0.173. The number of aryl methyl sites for hydroxylation is 1. The summed E-state index contributed by atoms with van der Waals surface area (Å²) in [7, 11) is 0. The van der Waals surface area contributed by atoms with Crippen molar-refractivity contribution in [2.45, 2.75) is 31.6 Å². The molecule has 156 valence electrons. The largest absolute Gasteiger partial charge is 0.410 e. The number of aromatic nitrogens is 2. The summed E-state index contributed by atoms with van der Waals surface area (Å²) >= 11 is 3.33. The Hall–Kier alpha value is -2.81. The van der Waals surface area contributed by atoms with Gasteiger partial charge in [0.1, 0.15) is 5.82 Å². The van der Waals surface area contributed by atoms with Gasteiger partial charge in [0.2, 0.25) is 0 Å². The van der Waals surface area contributed by atoms with Crippen LogP contribution in [0.3, 0.4) is 0 Å². The highest BCUT2D eigenvalue weighted by molar-refractivity contribution is 9.10. The van der Waals surface area contributed by atoms with Crippen molar-refractivity contribution in [2.75, 3.05) is 10.6 Å². The van der Waals surface area contributed by atoms with Crippen molar-refractivity contribution in [2.24, 2.45) is 0 Å². The van der Waals surface area contributed by atoms with Crippen molar-refractivity contribution in [3.63, 3.8) is 0 Å². The van der Waals surface area contributed by atoms with Crippen LogP contribution in [0.1, 0.15) is 40.1 Å². The predicted octanol–water partition coefficient (Wildman–Crippen LogP) is 5.87. The molecule has 1 aliphatic heterocycles. The number of benzene rings is 2. The first-order chi connectivity index (χ1) is 14.2. The second-order valence-corrected chi connectivity index (χ2v) is 8.14. The van der Waals surface area contributed by atoms with Gasteiger partial charge in [-0.1, -0.05) is 45.8 Å². The third-order valence-electron chi connectivity index (χ3n) is 5.00. The molecule has 0 saturated heterocycles. The molecule has 9 heteroatoms. The summed E-state index contributed by atoms with van der Waals surface area (Å²) in [4.78, 5) is 12.6. The fourth-order valence-corrected chi connectivity index (χ4v) is 3.69. The first-order valence-corrected chi connectivity index (χ1v) is 10.1. The highest BCUT2D eigenvalue weighted by Crippen LogP contribution is 2.43. The smallest absolute Gasteiger partial charge is 0.363 e. The zero-order valence-corrected chi connectivity index (χ0v) is 17.5. The van der Waals surface area contributed by atoms with E-state index in [1.165, 1.54) is 6.07 Å². The van der Waals surface area contributed by atoms with E-state index in [-0.39, 0.29) is 17.9 Å². The molecule has 0 saturated carbocycles. The van der Waals surface area contributed by atoms with E-state index in [4.69, 9.17) is 0 Å². The maximum atomic E-state index is 13.8. The molecule has 2 unspecified atom stereocenters. The summed E-state index contributed by atoms with van der Waals surface area (Å²) in [6.45, 7) is 1.92. The third-order valence-corrected chi connectivity index (χ3v) is 5.53. The molecule has 2 N–H and O–H groups in total. The summed E-state index contributed by atoms with van der Waals surface area (Å²) in [6, 6.07) is 13.2. The molecule has 0 fully saturated rings. The van der Waals surface area contributed by atoms with Gasteiger partial charge in [-0.15, -0.1) is 0 Å². The number of nitrogens with zero attached hydrogens (tertiary/aromatic N) is 2. The van der Waals surface area contributed by atoms with Gasteiger partial charge in [0.15, 0.2) is 11.7 Å². The minimum Gasteiger partial charge on any atom is -0.363 e. The molecule has 0 bridgehead atoms. The molecule has 0 aliphatic carbocycles. The summed E-state index contributed by atoms with van der Waals surface area (Å²) in [5, 5.41) is 9.72. The van der Waals surface area contributed by atoms with Gasteiger partial charge >= 0.3 is 6.18 Å². The van der Waals surface area contributed by atoms with Crippen LogP contribution in [0.5, 0.6) is 0 Å². The number of carbonyl (C=O) groups excluding carboxylic acids is 1. The van der Waals surface area contributed by atoms with Crippen LogP contribution in [0, 0.1) is 6.92 Å². The number of hydrogen-bond donors (Lipinski definition) is 2. The lowest BCUT2D eigenvalue weighted by Gasteiger charge is -2.33. The molecule has 1 amide bonds. The summed E-state index contributed by atoms with van der Waals surface area (Å²) in [5.74, 6) is -0.408. The van der Waals surface area contributed by atoms with Crippen LogP contribution in [-0.4, -0.2) is 21.9 Å². The normalized spacial score (nSPS) is 18.4. The fraction of sp³-hybridized carbons (Fsp3) is 0.238. The van der Waals surface area contributed by atoms with E-state index in [1.54, 1.807) is 36.4 Å². The van der Waals surface area contributed by atoms with E-state index in [0.717, 1.165) is 20.3 Å². The van der Waals surface area contributed by atoms with Gasteiger partial charge < -0.3 is 10.6 Å². The number of carbonyl (C=O) groups is 1. The quantitative estimate of drug-likeness (QED) is 0.495. The SMILES string of the molecule is Cc1ccc(NC(=O)c2cc3n(n2)C(C(F)(F)F)CC(c2ccc(Br)cc2)N3)cc1. The van der Waals surface area contributed by atoms with Gasteiger partial charge in [-0.2, -0.15) is 18.3 Å². The van der Waals surface area contributed by atoms with Crippen molar-refractivity contribution in [3.8, 4) is 0 Å². The number of nitrogens with one attached hydrogen (secondary N) is 2. The molecule has 5 nitrogen and oxygen atoms in total. The zero-order chi connectivity index (χ0) is 21.5. The Kier molecular flexibility index (Phi) is 5.31. The predicted molar refractivity (Wildman–Crippen MR) is 112 cm³/mol. The number of alkyl halides is 3. The van der Waals surface area contributed by atoms with E-state index < -0.39 is 24.2 Å². The number of fused-ring (bicyclic) bond motifs is 1. The first-order valence-electron chi connectivity index (χ1n) is 9.27. The second kappa shape index (κ2) is 7.79. The molecule has 0 spiro atoms. The standard InChI is InChI=1S/C21H18BrF3N4O/c1-12-2-8-15(9-3-12)26-20(30)17-11-19-27-16(13-4-6-14(22)7-5-13)10-18(21(23,24)25)29(19)28-17/h2-9,11,16,18,27H,10H2,1H3,(H,26,30). The Labute approximate surface area is 179 Å². The van der Waals surface area contributed by atoms with E-state index in [0.29, 0.717) is 5.69 Å². The Balaban J connectivity index is 1.63. The Morgan fingerprint density at radius 2 is 1.83 bits per heavy atom. The zero-order valence-electron chi connectivity index (χ0n) is 15.9. The Morgan fingerprint density at radius 1 is 1.17 bits per heavy atom. The van der Waals surface area contributed by atoms with Crippen molar-refractivity contribution in [1.82, 2.24) is 9.78 Å². The molecule has 1 aliphatic rings. The second-order valence-electron chi connectivity index (χ2n) is 7.22. The molecular formula is C21H18BrF3N4O. The molecule has 2 atom stereocenters. The minimum absolute atomic E-state index is 0.0798. The van der Waals surface area contributed by atoms with Crippen LogP contribution < -0.4 is 10.6 Å². The average Bonchev–Trinajstić information content (AvgIpc) is 3.13. The number of amides is 1. The molecule has 2 aromatic carbocycles. The Bertz CT molecular complexity index is 1060. The molecule has 4 rings (SSSR count). The monoisotopic (exact) mass is 478 g/mol. The number of hydrogen-bond acceptors (Lipinski definition) is 3. The molecule has 3 aromatic rings. The van der Waals surface area contributed by atoms with E-state index in [1.807, 2.05) is 19.1 Å². The van der Waals surface area contributed by atoms with Gasteiger partial charge in [0.25, 0.3) is 5.91 Å². The Morgan fingerprint density at radius 3 is 2.47 bits per heavy atom. The fourth-order valence-electron chi connectivity index (χ4n) is 3.43. The molecule has 1 aromatic heterocycles. The lowest BCUT2D eigenvalue weighted by Crippen LogP contribution is -2.35. The van der Waals surface area contributed by atoms with Crippen molar-refractivity contribution < 1.29 is 18.0 Å². The third kappa shape index (κ3) is 4.21. The van der Waals surface area contributed by atoms with Gasteiger partial charge in [0, 0.05) is 22.6 Å². The summed E-state index contributed by atoms with van der Waals surface area (Å²) in [5.41, 5.74) is 2.22. The van der Waals surface area contributed by atoms with Crippen LogP contribution in [0.25, 0.3) is 0 Å². The average molecular weight is 479 g/mol. The minimum atomic E-state index is -4.50. The van der Waals surface area contributed by atoms with E-state index >= 15 is 0 Å². The van der Waals surface area contributed by atoms with E-state index in [2.05, 4.69) is 31.7 Å². The molecule has 30 heavy (non-hydrogen) atoms. The maximum absolute atomic E-state index is 13.8. The van der Waals surface area contributed by atoms with Gasteiger partial charge in [-0.25, -0.2) is 4.68 Å². The van der Waals surface area contributed by atoms with Crippen LogP contribution >= 0.6 is 15.9 Å². The highest BCUT2D eigenvalue weighted by Gasteiger charge is 2.46. The van der Waals surface area contributed by atoms with Gasteiger partial charge in [-0.05, 0) is 36.8 Å². The van der Waals surface area contributed by atoms with Gasteiger partial charge in [0.05, 0.1) is 6.04 Å². The van der Waals surface area contributed by atoms with Crippen molar-refractivity contribution >= 4 is 33.3 Å². The van der Waals surface area contributed by atoms with Crippen molar-refractivity contribution in [3.05, 3.63) is 75.9 Å². The van der Waals surface area contributed by atoms with Crippen molar-refractivity contribution in [1.29, 1.82) is 0 Å². The van der Waals surface area contributed by atoms with E-state index in [9.17, 15) is 18.0 Å². The van der Waals surface area contributed by atoms with Gasteiger partial charge in [-0.3, -0.25) is 4.79 Å². The van der Waals surface area contributed by atoms with Crippen LogP contribution in [0.15, 0.2) is 59.1 Å². The lowest BCUT2D eigenvalue weighted by atomic mass is 9.97.